The number of aliphatic hydroxyl groups excluding tert-OH is 3. The molecule has 0 aromatic carbocycles. The number of carboxylic acids is 1. The van der Waals surface area contributed by atoms with Crippen molar-refractivity contribution in [3.8, 4) is 0 Å². The Hall–Kier alpha value is 0.843. The van der Waals surface area contributed by atoms with Crippen LogP contribution in [-0.4, -0.2) is 49.5 Å². The Bertz CT molecular complexity index is 174. The first-order valence-corrected chi connectivity index (χ1v) is 6.50. The van der Waals surface area contributed by atoms with E-state index in [1.165, 1.54) is 0 Å². The van der Waals surface area contributed by atoms with Gasteiger partial charge in [0.15, 0.2) is 0 Å². The van der Waals surface area contributed by atoms with E-state index < -0.39 is 15.9 Å². The van der Waals surface area contributed by atoms with Crippen molar-refractivity contribution < 1.29 is 44.7 Å². The fraction of sp³-hybridized carbons (Fsp3) is 0.727. The van der Waals surface area contributed by atoms with E-state index in [-0.39, 0.29) is 32.7 Å². The molecule has 0 aromatic rings. The van der Waals surface area contributed by atoms with Crippen molar-refractivity contribution in [2.75, 3.05) is 13.2 Å². The van der Waals surface area contributed by atoms with Gasteiger partial charge < -0.3 is 34.3 Å². The van der Waals surface area contributed by atoms with Gasteiger partial charge in [0.2, 0.25) is 0 Å². The molecule has 0 amide bonds. The van der Waals surface area contributed by atoms with Gasteiger partial charge in [0.1, 0.15) is 6.10 Å². The van der Waals surface area contributed by atoms with E-state index >= 15 is 0 Å². The summed E-state index contributed by atoms with van der Waals surface area (Å²) in [5.74, 6) is -1.46. The van der Waals surface area contributed by atoms with Crippen LogP contribution in [0.15, 0.2) is 0 Å². The standard InChI is InChI=1S/C3H8O3.2C3H7.C2HCl3O2.Zn/c4-1-3(6)2-5;2*1-3-2;3-2(4,5)1(6)7;/h3-6H,1-2H2;2*1,3H2,2H3;(H,6,7);/q;2*-1;;+2. The first kappa shape index (κ1) is 32.7. The maximum absolute atomic E-state index is 9.62. The molecule has 0 aliphatic heterocycles. The average Bonchev–Trinajstić information content (AvgIpc) is 2.29. The fourth-order valence-electron chi connectivity index (χ4n) is 0.0577. The molecular weight excluding hydrogens is 384 g/mol. The molecule has 0 heterocycles. The predicted molar refractivity (Wildman–Crippen MR) is 79.4 cm³/mol. The molecule has 9 heteroatoms. The van der Waals surface area contributed by atoms with E-state index in [2.05, 4.69) is 13.8 Å². The smallest absolute Gasteiger partial charge is 0.478 e. The molecule has 0 aliphatic carbocycles. The topological polar surface area (TPSA) is 98.0 Å². The largest absolute Gasteiger partial charge is 2.00 e. The van der Waals surface area contributed by atoms with Gasteiger partial charge in [-0.25, -0.2) is 4.79 Å². The number of carboxylic acid groups (broad SMARTS) is 1. The third kappa shape index (κ3) is 51.0. The number of aliphatic hydroxyl groups is 3. The zero-order chi connectivity index (χ0) is 16.5. The van der Waals surface area contributed by atoms with E-state index in [0.717, 1.165) is 12.8 Å². The van der Waals surface area contributed by atoms with Crippen molar-refractivity contribution in [2.45, 2.75) is 36.6 Å². The van der Waals surface area contributed by atoms with Crippen LogP contribution in [0.3, 0.4) is 0 Å². The molecule has 0 spiro atoms. The summed E-state index contributed by atoms with van der Waals surface area (Å²) >= 11 is 14.4. The van der Waals surface area contributed by atoms with Gasteiger partial charge in [0, 0.05) is 0 Å². The zero-order valence-electron chi connectivity index (χ0n) is 11.9. The fourth-order valence-corrected chi connectivity index (χ4v) is 0.0577. The quantitative estimate of drug-likeness (QED) is 0.320. The van der Waals surface area contributed by atoms with Gasteiger partial charge in [0.05, 0.1) is 13.2 Å². The average molecular weight is 407 g/mol. The minimum atomic E-state index is -2.17. The molecule has 120 valence electrons. The number of carbonyl (C=O) groups is 1. The van der Waals surface area contributed by atoms with Gasteiger partial charge in [-0.05, 0) is 0 Å². The van der Waals surface area contributed by atoms with Crippen molar-refractivity contribution in [1.29, 1.82) is 0 Å². The first-order chi connectivity index (χ1) is 8.58. The van der Waals surface area contributed by atoms with Crippen LogP contribution < -0.4 is 0 Å². The van der Waals surface area contributed by atoms with Gasteiger partial charge in [-0.1, -0.05) is 48.7 Å². The van der Waals surface area contributed by atoms with Crippen LogP contribution in [0.5, 0.6) is 0 Å². The molecule has 0 saturated carbocycles. The van der Waals surface area contributed by atoms with E-state index in [1.807, 2.05) is 13.8 Å². The Morgan fingerprint density at radius 1 is 1.10 bits per heavy atom. The number of rotatable bonds is 2. The molecule has 0 radical (unpaired) electrons. The predicted octanol–water partition coefficient (Wildman–Crippen LogP) is 2.23. The maximum Gasteiger partial charge on any atom is 2.00 e. The van der Waals surface area contributed by atoms with Gasteiger partial charge in [-0.15, -0.1) is 0 Å². The minimum Gasteiger partial charge on any atom is -0.478 e. The molecule has 20 heavy (non-hydrogen) atoms. The maximum atomic E-state index is 9.62. The number of halogens is 3. The summed E-state index contributed by atoms with van der Waals surface area (Å²) in [5.41, 5.74) is 0. The Kier molecular flexibility index (Phi) is 40.6. The molecule has 0 atom stereocenters. The molecule has 0 aromatic heterocycles. The van der Waals surface area contributed by atoms with Crippen molar-refractivity contribution in [3.05, 3.63) is 13.8 Å². The number of alkyl halides is 3. The second kappa shape index (κ2) is 24.8. The number of aliphatic carboxylic acids is 1. The molecular formula is C11H23Cl3O5Zn. The molecule has 0 bridgehead atoms. The number of hydrogen-bond acceptors (Lipinski definition) is 4. The van der Waals surface area contributed by atoms with Crippen LogP contribution in [0.25, 0.3) is 0 Å². The molecule has 0 saturated heterocycles. The summed E-state index contributed by atoms with van der Waals surface area (Å²) < 4.78 is -2.17. The molecule has 0 aliphatic rings. The Labute approximate surface area is 149 Å². The molecule has 0 fully saturated rings. The first-order valence-electron chi connectivity index (χ1n) is 5.37. The van der Waals surface area contributed by atoms with E-state index in [0.29, 0.717) is 0 Å². The second-order valence-electron chi connectivity index (χ2n) is 2.82. The summed E-state index contributed by atoms with van der Waals surface area (Å²) in [6.07, 6.45) is 1.05. The van der Waals surface area contributed by atoms with E-state index in [1.54, 1.807) is 0 Å². The summed E-state index contributed by atoms with van der Waals surface area (Å²) in [5, 5.41) is 31.9. The summed E-state index contributed by atoms with van der Waals surface area (Å²) in [6.45, 7) is 10.3. The monoisotopic (exact) mass is 404 g/mol. The van der Waals surface area contributed by atoms with Gasteiger partial charge in [-0.3, -0.25) is 0 Å². The third-order valence-electron chi connectivity index (χ3n) is 0.664. The molecule has 4 N–H and O–H groups in total. The molecule has 5 nitrogen and oxygen atoms in total. The normalized spacial score (nSPS) is 8.75. The number of hydrogen-bond donors (Lipinski definition) is 4. The van der Waals surface area contributed by atoms with Crippen LogP contribution in [0.1, 0.15) is 26.7 Å². The van der Waals surface area contributed by atoms with Gasteiger partial charge in [-0.2, -0.15) is 12.8 Å². The van der Waals surface area contributed by atoms with Crippen LogP contribution >= 0.6 is 34.8 Å². The van der Waals surface area contributed by atoms with Crippen LogP contribution in [0.2, 0.25) is 0 Å². The van der Waals surface area contributed by atoms with Crippen LogP contribution in [0, 0.1) is 13.8 Å². The summed E-state index contributed by atoms with van der Waals surface area (Å²) in [6, 6.07) is 0. The SMILES string of the molecule is O=C(O)C(Cl)(Cl)Cl.OCC(O)CO.[CH2-]CC.[CH2-]CC.[Zn+2]. The Morgan fingerprint density at radius 3 is 1.25 bits per heavy atom. The Balaban J connectivity index is -0.0000000527. The van der Waals surface area contributed by atoms with Crippen molar-refractivity contribution in [2.24, 2.45) is 0 Å². The van der Waals surface area contributed by atoms with Gasteiger partial charge in [0.25, 0.3) is 3.79 Å². The van der Waals surface area contributed by atoms with E-state index in [9.17, 15) is 4.79 Å². The van der Waals surface area contributed by atoms with Crippen molar-refractivity contribution in [3.63, 3.8) is 0 Å². The van der Waals surface area contributed by atoms with Crippen molar-refractivity contribution >= 4 is 40.8 Å². The zero-order valence-corrected chi connectivity index (χ0v) is 17.1. The summed E-state index contributed by atoms with van der Waals surface area (Å²) in [4.78, 5) is 9.62. The van der Waals surface area contributed by atoms with Gasteiger partial charge >= 0.3 is 25.4 Å². The minimum absolute atomic E-state index is 0. The Morgan fingerprint density at radius 2 is 1.25 bits per heavy atom. The second-order valence-corrected chi connectivity index (χ2v) is 5.10. The summed E-state index contributed by atoms with van der Waals surface area (Å²) in [7, 11) is 0. The van der Waals surface area contributed by atoms with E-state index in [4.69, 9.17) is 55.2 Å². The molecule has 0 unspecified atom stereocenters. The van der Waals surface area contributed by atoms with Crippen LogP contribution in [0.4, 0.5) is 0 Å². The third-order valence-corrected chi connectivity index (χ3v) is 1.15. The van der Waals surface area contributed by atoms with Crippen LogP contribution in [-0.2, 0) is 24.3 Å². The van der Waals surface area contributed by atoms with Crippen molar-refractivity contribution in [1.82, 2.24) is 0 Å². The molecule has 0 rings (SSSR count).